The number of nitrogens with zero attached hydrogens (tertiary/aromatic N) is 1. The fourth-order valence-corrected chi connectivity index (χ4v) is 0.322. The van der Waals surface area contributed by atoms with Crippen molar-refractivity contribution in [2.45, 2.75) is 27.2 Å². The molecule has 0 aliphatic heterocycles. The van der Waals surface area contributed by atoms with Crippen molar-refractivity contribution < 1.29 is 4.79 Å². The Labute approximate surface area is 74.7 Å². The fourth-order valence-electron chi connectivity index (χ4n) is 0.322. The summed E-state index contributed by atoms with van der Waals surface area (Å²) in [5.74, 6) is 0. The predicted octanol–water partition coefficient (Wildman–Crippen LogP) is 2.76. The summed E-state index contributed by atoms with van der Waals surface area (Å²) in [4.78, 5) is 12.8. The molecule has 0 rings (SSSR count). The first-order chi connectivity index (χ1) is 5.72. The van der Waals surface area contributed by atoms with Gasteiger partial charge < -0.3 is 4.79 Å². The van der Waals surface area contributed by atoms with Gasteiger partial charge in [0, 0.05) is 12.4 Å². The van der Waals surface area contributed by atoms with Gasteiger partial charge in [-0.05, 0) is 20.3 Å². The van der Waals surface area contributed by atoms with E-state index in [4.69, 9.17) is 4.79 Å². The summed E-state index contributed by atoms with van der Waals surface area (Å²) in [5.41, 5.74) is 1.29. The molecular formula is C10H17NO. The minimum atomic E-state index is 0.750. The second-order valence-electron chi connectivity index (χ2n) is 2.10. The maximum absolute atomic E-state index is 8.81. The van der Waals surface area contributed by atoms with Crippen LogP contribution in [0.1, 0.15) is 27.2 Å². The molecule has 0 aliphatic carbocycles. The first-order valence-electron chi connectivity index (χ1n) is 3.92. The molecule has 0 saturated carbocycles. The third-order valence-electron chi connectivity index (χ3n) is 1.04. The maximum Gasteiger partial charge on any atom is 0.116 e. The van der Waals surface area contributed by atoms with Crippen LogP contribution >= 0.6 is 0 Å². The molecule has 0 aromatic rings. The molecule has 12 heavy (non-hydrogen) atoms. The minimum absolute atomic E-state index is 0.750. The number of carbonyl (C=O) groups excluding carboxylic acids is 1. The van der Waals surface area contributed by atoms with Gasteiger partial charge in [0.25, 0.3) is 0 Å². The lowest BCUT2D eigenvalue weighted by atomic mass is 10.3. The van der Waals surface area contributed by atoms with E-state index >= 15 is 0 Å². The Morgan fingerprint density at radius 3 is 2.42 bits per heavy atom. The van der Waals surface area contributed by atoms with Gasteiger partial charge in [0.15, 0.2) is 0 Å². The summed E-state index contributed by atoms with van der Waals surface area (Å²) in [6.45, 7) is 9.11. The molecule has 0 radical (unpaired) electrons. The van der Waals surface area contributed by atoms with E-state index in [-0.39, 0.29) is 0 Å². The van der Waals surface area contributed by atoms with Crippen LogP contribution in [-0.4, -0.2) is 12.5 Å². The van der Waals surface area contributed by atoms with Crippen LogP contribution in [0, 0.1) is 0 Å². The van der Waals surface area contributed by atoms with Gasteiger partial charge in [0.1, 0.15) is 6.29 Å². The van der Waals surface area contributed by atoms with E-state index in [1.165, 1.54) is 12.5 Å². The second-order valence-corrected chi connectivity index (χ2v) is 2.10. The van der Waals surface area contributed by atoms with Crippen molar-refractivity contribution in [1.82, 2.24) is 0 Å². The molecule has 0 unspecified atom stereocenters. The predicted molar refractivity (Wildman–Crippen MR) is 54.5 cm³/mol. The normalized spacial score (nSPS) is 10.4. The molecule has 0 aliphatic rings. The minimum Gasteiger partial charge on any atom is -0.304 e. The van der Waals surface area contributed by atoms with Gasteiger partial charge in [-0.2, -0.15) is 0 Å². The van der Waals surface area contributed by atoms with Gasteiger partial charge in [0.05, 0.1) is 0 Å². The van der Waals surface area contributed by atoms with E-state index in [0.717, 1.165) is 12.7 Å². The summed E-state index contributed by atoms with van der Waals surface area (Å²) in [7, 11) is 0. The fraction of sp³-hybridized carbons (Fsp3) is 0.400. The van der Waals surface area contributed by atoms with Crippen molar-refractivity contribution in [1.29, 1.82) is 0 Å². The van der Waals surface area contributed by atoms with Crippen LogP contribution in [0.25, 0.3) is 0 Å². The Hall–Kier alpha value is -1.18. The zero-order valence-corrected chi connectivity index (χ0v) is 8.08. The van der Waals surface area contributed by atoms with Gasteiger partial charge in [-0.3, -0.25) is 4.99 Å². The van der Waals surface area contributed by atoms with Crippen molar-refractivity contribution in [3.05, 3.63) is 24.4 Å². The first-order valence-corrected chi connectivity index (χ1v) is 3.92. The highest BCUT2D eigenvalue weighted by Gasteiger charge is 1.76. The molecule has 0 fully saturated rings. The largest absolute Gasteiger partial charge is 0.304 e. The molecule has 0 N–H and O–H groups in total. The van der Waals surface area contributed by atoms with Crippen LogP contribution in [-0.2, 0) is 4.79 Å². The maximum atomic E-state index is 8.81. The summed E-state index contributed by atoms with van der Waals surface area (Å²) >= 11 is 0. The zero-order chi connectivity index (χ0) is 9.82. The van der Waals surface area contributed by atoms with E-state index in [2.05, 4.69) is 25.4 Å². The van der Waals surface area contributed by atoms with Crippen LogP contribution in [0.5, 0.6) is 0 Å². The molecule has 0 aromatic carbocycles. The van der Waals surface area contributed by atoms with Crippen LogP contribution < -0.4 is 0 Å². The van der Waals surface area contributed by atoms with Crippen molar-refractivity contribution in [3.63, 3.8) is 0 Å². The molecule has 0 atom stereocenters. The van der Waals surface area contributed by atoms with Gasteiger partial charge in [0.2, 0.25) is 0 Å². The highest BCUT2D eigenvalue weighted by Crippen LogP contribution is 1.96. The Kier molecular flexibility index (Phi) is 14.0. The average molecular weight is 167 g/mol. The first kappa shape index (κ1) is 13.4. The van der Waals surface area contributed by atoms with E-state index in [1.807, 2.05) is 6.20 Å². The molecule has 0 bridgehead atoms. The Morgan fingerprint density at radius 2 is 2.08 bits per heavy atom. The monoisotopic (exact) mass is 167 g/mol. The Bertz CT molecular complexity index is 169. The highest BCUT2D eigenvalue weighted by atomic mass is 16.1. The molecule has 0 amide bonds. The number of hydrogen-bond acceptors (Lipinski definition) is 2. The van der Waals surface area contributed by atoms with E-state index < -0.39 is 0 Å². The van der Waals surface area contributed by atoms with Gasteiger partial charge in [-0.1, -0.05) is 25.2 Å². The molecule has 2 heteroatoms. The quantitative estimate of drug-likeness (QED) is 0.469. The van der Waals surface area contributed by atoms with Crippen LogP contribution in [0.4, 0.5) is 0 Å². The van der Waals surface area contributed by atoms with E-state index in [9.17, 15) is 0 Å². The number of allylic oxidation sites excluding steroid dienone is 2. The lowest BCUT2D eigenvalue weighted by molar-refractivity contribution is -0.106. The third-order valence-corrected chi connectivity index (χ3v) is 1.04. The van der Waals surface area contributed by atoms with Crippen molar-refractivity contribution in [3.8, 4) is 0 Å². The van der Waals surface area contributed by atoms with Gasteiger partial charge in [-0.25, -0.2) is 0 Å². The van der Waals surface area contributed by atoms with Gasteiger partial charge in [-0.15, -0.1) is 0 Å². The highest BCUT2D eigenvalue weighted by molar-refractivity contribution is 5.70. The zero-order valence-electron chi connectivity index (χ0n) is 8.08. The smallest absolute Gasteiger partial charge is 0.116 e. The van der Waals surface area contributed by atoms with Crippen molar-refractivity contribution in [2.75, 3.05) is 0 Å². The summed E-state index contributed by atoms with van der Waals surface area (Å²) in [6.07, 6.45) is 7.01. The van der Waals surface area contributed by atoms with Crippen LogP contribution in [0.2, 0.25) is 0 Å². The van der Waals surface area contributed by atoms with E-state index in [0.29, 0.717) is 0 Å². The average Bonchev–Trinajstić information content (AvgIpc) is 2.06. The van der Waals surface area contributed by atoms with Crippen molar-refractivity contribution >= 4 is 12.5 Å². The standard InChI is InChI=1S/C8H13N.C2H4O/c1-4-6-9-7-8(3)5-2;1-2-3/h4,6-7H,1,5H2,2-3H3;2H,1H3/b8-7-,9-6?;. The molecule has 2 nitrogen and oxygen atoms in total. The van der Waals surface area contributed by atoms with E-state index in [1.54, 1.807) is 12.3 Å². The number of aliphatic imine (C=N–C) groups is 1. The third kappa shape index (κ3) is 15.9. The second kappa shape index (κ2) is 12.5. The molecule has 0 saturated heterocycles. The SMILES string of the molecule is C=CC=N/C=C(/C)CC.CC=O. The van der Waals surface area contributed by atoms with Crippen LogP contribution in [0.15, 0.2) is 29.4 Å². The Balaban J connectivity index is 0. The Morgan fingerprint density at radius 1 is 1.58 bits per heavy atom. The number of carbonyl (C=O) groups is 1. The summed E-state index contributed by atoms with van der Waals surface area (Å²) < 4.78 is 0. The number of aldehydes is 1. The lowest BCUT2D eigenvalue weighted by Gasteiger charge is -1.86. The molecule has 68 valence electrons. The number of hydrogen-bond donors (Lipinski definition) is 0. The van der Waals surface area contributed by atoms with Gasteiger partial charge >= 0.3 is 0 Å². The van der Waals surface area contributed by atoms with Crippen molar-refractivity contribution in [2.24, 2.45) is 4.99 Å². The number of rotatable bonds is 3. The lowest BCUT2D eigenvalue weighted by Crippen LogP contribution is -1.68. The molecule has 0 spiro atoms. The topological polar surface area (TPSA) is 29.4 Å². The molecular weight excluding hydrogens is 150 g/mol. The summed E-state index contributed by atoms with van der Waals surface area (Å²) in [6, 6.07) is 0. The summed E-state index contributed by atoms with van der Waals surface area (Å²) in [5, 5.41) is 0. The molecule has 0 heterocycles. The molecule has 0 aromatic heterocycles. The van der Waals surface area contributed by atoms with Crippen LogP contribution in [0.3, 0.4) is 0 Å².